The molecule has 4 fully saturated rings. The average Bonchev–Trinajstić information content (AvgIpc) is 3.46. The second-order valence-electron chi connectivity index (χ2n) is 9.30. The number of carbonyl (C=O) groups excluding carboxylic acids is 3. The molecule has 6 atom stereocenters. The van der Waals surface area contributed by atoms with E-state index in [4.69, 9.17) is 14.2 Å². The van der Waals surface area contributed by atoms with Gasteiger partial charge in [0.15, 0.2) is 0 Å². The second kappa shape index (κ2) is 7.60. The topological polar surface area (TPSA) is 78.9 Å². The number of ether oxygens (including phenoxy) is 3. The van der Waals surface area contributed by atoms with E-state index in [2.05, 4.69) is 29.2 Å². The Morgan fingerprint density at radius 1 is 1.16 bits per heavy atom. The minimum atomic E-state index is -0.658. The standard InChI is InChI=1S/C24H25IO6/c1-12(2)21(26)29-19-16-11-15-17(22(27)30-20(15)19)18(16)23(28)31-24(9-3-4-10-24)13-5-7-14(25)8-6-13/h5-8,15-20H,1,3-4,9-11H2,2H3. The van der Waals surface area contributed by atoms with E-state index in [9.17, 15) is 14.4 Å². The van der Waals surface area contributed by atoms with Gasteiger partial charge in [-0.15, -0.1) is 0 Å². The molecule has 0 radical (unpaired) electrons. The Hall–Kier alpha value is -1.90. The number of benzene rings is 1. The second-order valence-corrected chi connectivity index (χ2v) is 10.5. The van der Waals surface area contributed by atoms with Gasteiger partial charge in [0.25, 0.3) is 0 Å². The lowest BCUT2D eigenvalue weighted by Crippen LogP contribution is -2.45. The Morgan fingerprint density at radius 2 is 1.84 bits per heavy atom. The van der Waals surface area contributed by atoms with Crippen LogP contribution in [-0.4, -0.2) is 30.1 Å². The zero-order valence-corrected chi connectivity index (χ0v) is 19.5. The van der Waals surface area contributed by atoms with Crippen molar-refractivity contribution in [2.45, 2.75) is 56.8 Å². The molecule has 3 saturated carbocycles. The first kappa shape index (κ1) is 21.0. The highest BCUT2D eigenvalue weighted by Crippen LogP contribution is 2.59. The number of hydrogen-bond acceptors (Lipinski definition) is 6. The monoisotopic (exact) mass is 536 g/mol. The first-order valence-electron chi connectivity index (χ1n) is 10.9. The average molecular weight is 536 g/mol. The molecule has 0 amide bonds. The first-order chi connectivity index (χ1) is 14.8. The molecule has 4 aliphatic rings. The molecule has 1 aliphatic heterocycles. The number of fused-ring (bicyclic) bond motifs is 1. The van der Waals surface area contributed by atoms with Crippen LogP contribution in [0.4, 0.5) is 0 Å². The summed E-state index contributed by atoms with van der Waals surface area (Å²) in [4.78, 5) is 38.3. The predicted octanol–water partition coefficient (Wildman–Crippen LogP) is 3.90. The fourth-order valence-electron chi connectivity index (χ4n) is 6.10. The van der Waals surface area contributed by atoms with Gasteiger partial charge in [-0.3, -0.25) is 9.59 Å². The molecule has 0 N–H and O–H groups in total. The Labute approximate surface area is 194 Å². The van der Waals surface area contributed by atoms with E-state index in [1.807, 2.05) is 24.3 Å². The van der Waals surface area contributed by atoms with Gasteiger partial charge in [-0.1, -0.05) is 18.7 Å². The van der Waals surface area contributed by atoms with Crippen LogP contribution in [0.2, 0.25) is 0 Å². The van der Waals surface area contributed by atoms with Crippen molar-refractivity contribution >= 4 is 40.5 Å². The fourth-order valence-corrected chi connectivity index (χ4v) is 6.46. The molecule has 0 spiro atoms. The van der Waals surface area contributed by atoms with Crippen molar-refractivity contribution in [3.8, 4) is 0 Å². The molecule has 6 unspecified atom stereocenters. The fraction of sp³-hybridized carbons (Fsp3) is 0.542. The lowest BCUT2D eigenvalue weighted by Gasteiger charge is -2.35. The van der Waals surface area contributed by atoms with E-state index in [1.54, 1.807) is 6.92 Å². The van der Waals surface area contributed by atoms with Gasteiger partial charge < -0.3 is 14.2 Å². The summed E-state index contributed by atoms with van der Waals surface area (Å²) in [5.41, 5.74) is 0.625. The van der Waals surface area contributed by atoms with Crippen molar-refractivity contribution in [1.82, 2.24) is 0 Å². The third kappa shape index (κ3) is 3.31. The van der Waals surface area contributed by atoms with E-state index in [1.165, 1.54) is 0 Å². The van der Waals surface area contributed by atoms with Crippen LogP contribution in [0.25, 0.3) is 0 Å². The van der Waals surface area contributed by atoms with Crippen molar-refractivity contribution in [1.29, 1.82) is 0 Å². The molecule has 1 aromatic carbocycles. The van der Waals surface area contributed by atoms with Gasteiger partial charge in [-0.05, 0) is 79.3 Å². The highest BCUT2D eigenvalue weighted by Gasteiger charge is 2.70. The van der Waals surface area contributed by atoms with Crippen molar-refractivity contribution in [3.63, 3.8) is 0 Å². The first-order valence-corrected chi connectivity index (χ1v) is 11.9. The van der Waals surface area contributed by atoms with E-state index in [0.29, 0.717) is 6.42 Å². The summed E-state index contributed by atoms with van der Waals surface area (Å²) in [6.07, 6.45) is 3.06. The van der Waals surface area contributed by atoms with E-state index in [-0.39, 0.29) is 29.3 Å². The largest absolute Gasteiger partial charge is 0.458 e. The Kier molecular flexibility index (Phi) is 5.14. The molecular weight excluding hydrogens is 511 g/mol. The van der Waals surface area contributed by atoms with Crippen LogP contribution in [0.5, 0.6) is 0 Å². The normalized spacial score (nSPS) is 34.5. The maximum absolute atomic E-state index is 13.5. The molecule has 3 aliphatic carbocycles. The van der Waals surface area contributed by atoms with Crippen molar-refractivity contribution in [3.05, 3.63) is 45.6 Å². The van der Waals surface area contributed by atoms with Crippen LogP contribution < -0.4 is 0 Å². The minimum Gasteiger partial charge on any atom is -0.458 e. The lowest BCUT2D eigenvalue weighted by molar-refractivity contribution is -0.175. The number of carbonyl (C=O) groups is 3. The van der Waals surface area contributed by atoms with Gasteiger partial charge in [-0.25, -0.2) is 4.79 Å². The van der Waals surface area contributed by atoms with Crippen LogP contribution in [0.3, 0.4) is 0 Å². The third-order valence-electron chi connectivity index (χ3n) is 7.49. The van der Waals surface area contributed by atoms with E-state index < -0.39 is 35.6 Å². The molecule has 1 aromatic rings. The number of esters is 3. The van der Waals surface area contributed by atoms with Gasteiger partial charge in [-0.2, -0.15) is 0 Å². The zero-order chi connectivity index (χ0) is 21.9. The molecule has 1 heterocycles. The summed E-state index contributed by atoms with van der Waals surface area (Å²) in [5, 5.41) is 0. The molecule has 2 bridgehead atoms. The van der Waals surface area contributed by atoms with Gasteiger partial charge in [0.2, 0.25) is 0 Å². The predicted molar refractivity (Wildman–Crippen MR) is 119 cm³/mol. The SMILES string of the molecule is C=C(C)C(=O)OC1C2CC3C1OC(=O)C3C2C(=O)OC1(c2ccc(I)cc2)CCCC1. The number of hydrogen-bond donors (Lipinski definition) is 0. The summed E-state index contributed by atoms with van der Waals surface area (Å²) in [6, 6.07) is 8.09. The zero-order valence-electron chi connectivity index (χ0n) is 17.3. The van der Waals surface area contributed by atoms with Crippen molar-refractivity contribution < 1.29 is 28.6 Å². The van der Waals surface area contributed by atoms with Crippen LogP contribution in [0.1, 0.15) is 44.6 Å². The van der Waals surface area contributed by atoms with E-state index in [0.717, 1.165) is 34.8 Å². The quantitative estimate of drug-likeness (QED) is 0.246. The minimum absolute atomic E-state index is 0.101. The highest BCUT2D eigenvalue weighted by atomic mass is 127. The van der Waals surface area contributed by atoms with Gasteiger partial charge in [0.1, 0.15) is 17.8 Å². The molecule has 1 saturated heterocycles. The highest BCUT2D eigenvalue weighted by molar-refractivity contribution is 14.1. The van der Waals surface area contributed by atoms with Gasteiger partial charge in [0.05, 0.1) is 11.8 Å². The maximum atomic E-state index is 13.5. The summed E-state index contributed by atoms with van der Waals surface area (Å²) >= 11 is 2.26. The summed E-state index contributed by atoms with van der Waals surface area (Å²) in [7, 11) is 0. The molecular formula is C24H25IO6. The molecule has 164 valence electrons. The molecule has 5 rings (SSSR count). The lowest BCUT2D eigenvalue weighted by atomic mass is 9.78. The van der Waals surface area contributed by atoms with Crippen LogP contribution in [0.15, 0.2) is 36.4 Å². The van der Waals surface area contributed by atoms with Crippen molar-refractivity contribution in [2.75, 3.05) is 0 Å². The van der Waals surface area contributed by atoms with Gasteiger partial charge >= 0.3 is 17.9 Å². The molecule has 31 heavy (non-hydrogen) atoms. The van der Waals surface area contributed by atoms with Crippen LogP contribution >= 0.6 is 22.6 Å². The number of rotatable bonds is 5. The summed E-state index contributed by atoms with van der Waals surface area (Å²) in [5.74, 6) is -2.77. The molecule has 7 heteroatoms. The molecule has 0 aromatic heterocycles. The Morgan fingerprint density at radius 3 is 2.48 bits per heavy atom. The smallest absolute Gasteiger partial charge is 0.333 e. The summed E-state index contributed by atoms with van der Waals surface area (Å²) in [6.45, 7) is 5.21. The number of halogens is 1. The van der Waals surface area contributed by atoms with Crippen LogP contribution in [-0.2, 0) is 34.2 Å². The maximum Gasteiger partial charge on any atom is 0.333 e. The Bertz CT molecular complexity index is 947. The van der Waals surface area contributed by atoms with Gasteiger partial charge in [0, 0.05) is 21.0 Å². The van der Waals surface area contributed by atoms with Crippen molar-refractivity contribution in [2.24, 2.45) is 23.7 Å². The van der Waals surface area contributed by atoms with E-state index >= 15 is 0 Å². The molecule has 6 nitrogen and oxygen atoms in total. The third-order valence-corrected chi connectivity index (χ3v) is 8.21. The summed E-state index contributed by atoms with van der Waals surface area (Å²) < 4.78 is 18.6. The van der Waals surface area contributed by atoms with Crippen LogP contribution in [0, 0.1) is 27.2 Å². The Balaban J connectivity index is 1.42.